The average Bonchev–Trinajstić information content (AvgIpc) is 2.44. The van der Waals surface area contributed by atoms with Gasteiger partial charge in [-0.15, -0.1) is 0 Å². The van der Waals surface area contributed by atoms with Crippen molar-refractivity contribution < 1.29 is 9.53 Å². The van der Waals surface area contributed by atoms with Crippen molar-refractivity contribution in [2.45, 2.75) is 19.9 Å². The van der Waals surface area contributed by atoms with Crippen molar-refractivity contribution in [2.24, 2.45) is 0 Å². The van der Waals surface area contributed by atoms with Gasteiger partial charge in [0.25, 0.3) is 0 Å². The lowest BCUT2D eigenvalue weighted by atomic mass is 10.1. The van der Waals surface area contributed by atoms with Crippen molar-refractivity contribution in [3.05, 3.63) is 35.4 Å². The number of nitrogens with one attached hydrogen (secondary N) is 1. The fourth-order valence-corrected chi connectivity index (χ4v) is 1.75. The number of amides is 1. The molecule has 0 radical (unpaired) electrons. The number of methoxy groups -OCH3 is 1. The van der Waals surface area contributed by atoms with E-state index in [9.17, 15) is 4.79 Å². The molecule has 19 heavy (non-hydrogen) atoms. The van der Waals surface area contributed by atoms with Crippen molar-refractivity contribution in [3.63, 3.8) is 0 Å². The van der Waals surface area contributed by atoms with Crippen LogP contribution in [0.4, 0.5) is 0 Å². The van der Waals surface area contributed by atoms with E-state index in [1.165, 1.54) is 5.56 Å². The molecule has 0 aliphatic heterocycles. The number of aryl methyl sites for hydroxylation is 1. The number of rotatable bonds is 8. The summed E-state index contributed by atoms with van der Waals surface area (Å²) in [6.07, 6.45) is 1.04. The fourth-order valence-electron chi connectivity index (χ4n) is 1.75. The van der Waals surface area contributed by atoms with Crippen molar-refractivity contribution in [2.75, 3.05) is 33.9 Å². The Morgan fingerprint density at radius 3 is 2.47 bits per heavy atom. The second kappa shape index (κ2) is 8.67. The Morgan fingerprint density at radius 2 is 1.89 bits per heavy atom. The number of nitrogens with zero attached hydrogens (tertiary/aromatic N) is 1. The maximum absolute atomic E-state index is 11.9. The summed E-state index contributed by atoms with van der Waals surface area (Å²) in [5.74, 6) is 0.0932. The standard InChI is InChI=1S/C15H24N2O2/c1-4-13-5-7-14(8-6-13)12-17(2)15(18)11-16-9-10-19-3/h5-8,16H,4,9-12H2,1-3H3. The molecule has 1 aromatic carbocycles. The molecule has 1 amide bonds. The molecule has 1 N–H and O–H groups in total. The molecule has 0 aliphatic carbocycles. The summed E-state index contributed by atoms with van der Waals surface area (Å²) in [5.41, 5.74) is 2.48. The third kappa shape index (κ3) is 5.85. The van der Waals surface area contributed by atoms with Crippen LogP contribution in [0.25, 0.3) is 0 Å². The van der Waals surface area contributed by atoms with Crippen LogP contribution in [-0.4, -0.2) is 44.7 Å². The number of hydrogen-bond donors (Lipinski definition) is 1. The Kier molecular flexibility index (Phi) is 7.15. The van der Waals surface area contributed by atoms with Gasteiger partial charge in [0, 0.05) is 27.2 Å². The molecular weight excluding hydrogens is 240 g/mol. The van der Waals surface area contributed by atoms with Crippen LogP contribution in [-0.2, 0) is 22.5 Å². The first-order valence-corrected chi connectivity index (χ1v) is 6.68. The number of carbonyl (C=O) groups is 1. The van der Waals surface area contributed by atoms with Crippen molar-refractivity contribution in [1.29, 1.82) is 0 Å². The Bertz CT molecular complexity index is 376. The molecule has 0 fully saturated rings. The van der Waals surface area contributed by atoms with Crippen LogP contribution >= 0.6 is 0 Å². The van der Waals surface area contributed by atoms with Gasteiger partial charge in [0.15, 0.2) is 0 Å². The lowest BCUT2D eigenvalue weighted by molar-refractivity contribution is -0.129. The second-order valence-electron chi connectivity index (χ2n) is 4.59. The van der Waals surface area contributed by atoms with Crippen LogP contribution < -0.4 is 5.32 Å². The summed E-state index contributed by atoms with van der Waals surface area (Å²) in [7, 11) is 3.48. The van der Waals surface area contributed by atoms with Crippen molar-refractivity contribution >= 4 is 5.91 Å². The topological polar surface area (TPSA) is 41.6 Å². The molecule has 0 unspecified atom stereocenters. The number of carbonyl (C=O) groups excluding carboxylic acids is 1. The highest BCUT2D eigenvalue weighted by molar-refractivity contribution is 5.77. The molecule has 0 atom stereocenters. The molecular formula is C15H24N2O2. The van der Waals surface area contributed by atoms with Crippen LogP contribution in [0.15, 0.2) is 24.3 Å². The third-order valence-electron chi connectivity index (χ3n) is 3.04. The minimum absolute atomic E-state index is 0.0932. The maximum Gasteiger partial charge on any atom is 0.236 e. The largest absolute Gasteiger partial charge is 0.383 e. The second-order valence-corrected chi connectivity index (χ2v) is 4.59. The van der Waals surface area contributed by atoms with Crippen LogP contribution in [0, 0.1) is 0 Å². The highest BCUT2D eigenvalue weighted by Gasteiger charge is 2.08. The van der Waals surface area contributed by atoms with E-state index in [1.54, 1.807) is 12.0 Å². The van der Waals surface area contributed by atoms with Crippen LogP contribution in [0.2, 0.25) is 0 Å². The Hall–Kier alpha value is -1.39. The summed E-state index contributed by atoms with van der Waals surface area (Å²) in [6.45, 7) is 4.45. The lowest BCUT2D eigenvalue weighted by Gasteiger charge is -2.17. The van der Waals surface area contributed by atoms with E-state index in [2.05, 4.69) is 36.5 Å². The molecule has 4 nitrogen and oxygen atoms in total. The van der Waals surface area contributed by atoms with Gasteiger partial charge in [-0.3, -0.25) is 4.79 Å². The fraction of sp³-hybridized carbons (Fsp3) is 0.533. The van der Waals surface area contributed by atoms with E-state index in [1.807, 2.05) is 7.05 Å². The van der Waals surface area contributed by atoms with Gasteiger partial charge >= 0.3 is 0 Å². The van der Waals surface area contributed by atoms with E-state index >= 15 is 0 Å². The SMILES string of the molecule is CCc1ccc(CN(C)C(=O)CNCCOC)cc1. The monoisotopic (exact) mass is 264 g/mol. The number of ether oxygens (including phenoxy) is 1. The van der Waals surface area contributed by atoms with Gasteiger partial charge < -0.3 is 15.0 Å². The van der Waals surface area contributed by atoms with E-state index in [4.69, 9.17) is 4.74 Å². The van der Waals surface area contributed by atoms with E-state index in [-0.39, 0.29) is 5.91 Å². The molecule has 106 valence electrons. The van der Waals surface area contributed by atoms with Gasteiger partial charge in [-0.2, -0.15) is 0 Å². The summed E-state index contributed by atoms with van der Waals surface area (Å²) in [6, 6.07) is 8.40. The molecule has 0 saturated carbocycles. The Balaban J connectivity index is 2.35. The molecule has 0 saturated heterocycles. The molecule has 0 heterocycles. The maximum atomic E-state index is 11.9. The average molecular weight is 264 g/mol. The molecule has 1 rings (SSSR count). The molecule has 1 aromatic rings. The smallest absolute Gasteiger partial charge is 0.236 e. The van der Waals surface area contributed by atoms with Gasteiger partial charge in [-0.1, -0.05) is 31.2 Å². The summed E-state index contributed by atoms with van der Waals surface area (Å²) in [4.78, 5) is 13.6. The van der Waals surface area contributed by atoms with Crippen LogP contribution in [0.5, 0.6) is 0 Å². The van der Waals surface area contributed by atoms with Crippen molar-refractivity contribution in [1.82, 2.24) is 10.2 Å². The number of likely N-dealkylation sites (N-methyl/N-ethyl adjacent to an activating group) is 1. The number of benzene rings is 1. The first-order valence-electron chi connectivity index (χ1n) is 6.68. The van der Waals surface area contributed by atoms with Crippen LogP contribution in [0.3, 0.4) is 0 Å². The molecule has 0 bridgehead atoms. The first kappa shape index (κ1) is 15.7. The zero-order chi connectivity index (χ0) is 14.1. The minimum atomic E-state index is 0.0932. The summed E-state index contributed by atoms with van der Waals surface area (Å²) in [5, 5.41) is 3.05. The lowest BCUT2D eigenvalue weighted by Crippen LogP contribution is -2.36. The summed E-state index contributed by atoms with van der Waals surface area (Å²) >= 11 is 0. The van der Waals surface area contributed by atoms with Crippen molar-refractivity contribution in [3.8, 4) is 0 Å². The molecule has 0 aliphatic rings. The molecule has 4 heteroatoms. The van der Waals surface area contributed by atoms with Gasteiger partial charge in [0.2, 0.25) is 5.91 Å². The highest BCUT2D eigenvalue weighted by atomic mass is 16.5. The zero-order valence-electron chi connectivity index (χ0n) is 12.1. The van der Waals surface area contributed by atoms with Gasteiger partial charge in [0.05, 0.1) is 13.2 Å². The zero-order valence-corrected chi connectivity index (χ0v) is 12.1. The first-order chi connectivity index (χ1) is 9.17. The van der Waals surface area contributed by atoms with E-state index in [0.29, 0.717) is 26.2 Å². The quantitative estimate of drug-likeness (QED) is 0.723. The normalized spacial score (nSPS) is 10.5. The van der Waals surface area contributed by atoms with Crippen LogP contribution in [0.1, 0.15) is 18.1 Å². The molecule has 0 spiro atoms. The van der Waals surface area contributed by atoms with Gasteiger partial charge in [-0.05, 0) is 17.5 Å². The molecule has 0 aromatic heterocycles. The predicted octanol–water partition coefficient (Wildman–Crippen LogP) is 1.44. The van der Waals surface area contributed by atoms with Gasteiger partial charge in [0.1, 0.15) is 0 Å². The Morgan fingerprint density at radius 1 is 1.26 bits per heavy atom. The Labute approximate surface area is 115 Å². The minimum Gasteiger partial charge on any atom is -0.383 e. The highest BCUT2D eigenvalue weighted by Crippen LogP contribution is 2.07. The van der Waals surface area contributed by atoms with Gasteiger partial charge in [-0.25, -0.2) is 0 Å². The van der Waals surface area contributed by atoms with E-state index < -0.39 is 0 Å². The third-order valence-corrected chi connectivity index (χ3v) is 3.04. The summed E-state index contributed by atoms with van der Waals surface area (Å²) < 4.78 is 4.91. The van der Waals surface area contributed by atoms with E-state index in [0.717, 1.165) is 12.0 Å². The predicted molar refractivity (Wildman–Crippen MR) is 77.0 cm³/mol. The number of hydrogen-bond acceptors (Lipinski definition) is 3.